The summed E-state index contributed by atoms with van der Waals surface area (Å²) in [5, 5.41) is 8.39. The zero-order valence-electron chi connectivity index (χ0n) is 14.7. The second-order valence-corrected chi connectivity index (χ2v) is 8.06. The number of aliphatic hydroxyl groups excluding tert-OH is 1. The molecule has 0 saturated heterocycles. The van der Waals surface area contributed by atoms with Gasteiger partial charge in [-0.05, 0) is 26.7 Å². The van der Waals surface area contributed by atoms with Gasteiger partial charge in [-0.3, -0.25) is 0 Å². The van der Waals surface area contributed by atoms with E-state index in [0.29, 0.717) is 6.42 Å². The van der Waals surface area contributed by atoms with E-state index in [-0.39, 0.29) is 35.7 Å². The number of hydrogen-bond donors (Lipinski definition) is 1. The summed E-state index contributed by atoms with van der Waals surface area (Å²) in [5.41, 5.74) is 0. The summed E-state index contributed by atoms with van der Waals surface area (Å²) in [6, 6.07) is 0. The molecule has 0 aromatic heterocycles. The van der Waals surface area contributed by atoms with Gasteiger partial charge in [-0.25, -0.2) is 8.42 Å². The van der Waals surface area contributed by atoms with Gasteiger partial charge in [-0.1, -0.05) is 64.2 Å². The molecule has 0 spiro atoms. The Kier molecular flexibility index (Phi) is 17.6. The molecule has 0 aliphatic rings. The quantitative estimate of drug-likeness (QED) is 0.290. The van der Waals surface area contributed by atoms with Crippen molar-refractivity contribution in [3.8, 4) is 0 Å². The van der Waals surface area contributed by atoms with E-state index >= 15 is 0 Å². The molecule has 1 N–H and O–H groups in total. The predicted molar refractivity (Wildman–Crippen MR) is 86.2 cm³/mol. The van der Waals surface area contributed by atoms with Crippen LogP contribution in [0.4, 0.5) is 0 Å². The maximum Gasteiger partial charge on any atom is 1.00 e. The molecule has 0 amide bonds. The van der Waals surface area contributed by atoms with E-state index in [1.54, 1.807) is 0 Å². The van der Waals surface area contributed by atoms with Crippen molar-refractivity contribution in [2.45, 2.75) is 102 Å². The minimum atomic E-state index is -4.09. The van der Waals surface area contributed by atoms with E-state index in [1.165, 1.54) is 45.4 Å². The fraction of sp³-hybridized carbons (Fsp3) is 1.00. The molecular weight excluding hydrogens is 311 g/mol. The van der Waals surface area contributed by atoms with E-state index in [1.807, 2.05) is 6.92 Å². The van der Waals surface area contributed by atoms with E-state index in [2.05, 4.69) is 0 Å². The third kappa shape index (κ3) is 17.2. The van der Waals surface area contributed by atoms with Crippen molar-refractivity contribution in [3.63, 3.8) is 0 Å². The first-order valence-electron chi connectivity index (χ1n) is 8.47. The zero-order chi connectivity index (χ0) is 16.1. The largest absolute Gasteiger partial charge is 1.00 e. The molecule has 2 unspecified atom stereocenters. The maximum atomic E-state index is 10.7. The van der Waals surface area contributed by atoms with Gasteiger partial charge in [0, 0.05) is 5.25 Å². The van der Waals surface area contributed by atoms with Crippen LogP contribution in [0.25, 0.3) is 0 Å². The Labute approximate surface area is 159 Å². The molecule has 0 aromatic carbocycles. The summed E-state index contributed by atoms with van der Waals surface area (Å²) in [7, 11) is -4.09. The van der Waals surface area contributed by atoms with Crippen molar-refractivity contribution in [1.82, 2.24) is 0 Å². The van der Waals surface area contributed by atoms with Gasteiger partial charge >= 0.3 is 29.6 Å². The van der Waals surface area contributed by atoms with E-state index in [9.17, 15) is 13.0 Å². The Balaban J connectivity index is 0. The molecule has 2 atom stereocenters. The van der Waals surface area contributed by atoms with E-state index < -0.39 is 15.4 Å². The average molecular weight is 344 g/mol. The molecule has 4 nitrogen and oxygen atoms in total. The van der Waals surface area contributed by atoms with Gasteiger partial charge in [-0.15, -0.1) is 0 Å². The van der Waals surface area contributed by atoms with Crippen LogP contribution < -0.4 is 29.6 Å². The van der Waals surface area contributed by atoms with Crippen LogP contribution in [0.1, 0.15) is 90.9 Å². The standard InChI is InChI=1S/C16H34O4S.Na/c1-15(17)13-11-9-7-5-3-4-6-8-10-12-14-16(2)21(18,19)20;/h15-17H,3-14H2,1-2H3,(H,18,19,20);/q;+1/p-1. The first-order chi connectivity index (χ1) is 9.84. The summed E-state index contributed by atoms with van der Waals surface area (Å²) >= 11 is 0. The fourth-order valence-corrected chi connectivity index (χ4v) is 2.89. The molecular formula is C16H33NaO4S. The van der Waals surface area contributed by atoms with Gasteiger partial charge in [0.1, 0.15) is 0 Å². The van der Waals surface area contributed by atoms with Crippen LogP contribution in [-0.4, -0.2) is 29.4 Å². The Hall–Kier alpha value is 0.870. The topological polar surface area (TPSA) is 77.4 Å². The summed E-state index contributed by atoms with van der Waals surface area (Å²) in [6.45, 7) is 3.34. The molecule has 0 saturated carbocycles. The summed E-state index contributed by atoms with van der Waals surface area (Å²) in [4.78, 5) is 0. The van der Waals surface area contributed by atoms with E-state index in [4.69, 9.17) is 5.11 Å². The molecule has 6 heteroatoms. The van der Waals surface area contributed by atoms with Crippen molar-refractivity contribution >= 4 is 10.1 Å². The number of hydrogen-bond acceptors (Lipinski definition) is 4. The molecule has 0 fully saturated rings. The van der Waals surface area contributed by atoms with Crippen molar-refractivity contribution in [2.75, 3.05) is 0 Å². The predicted octanol–water partition coefficient (Wildman–Crippen LogP) is 0.986. The molecule has 0 bridgehead atoms. The van der Waals surface area contributed by atoms with Crippen molar-refractivity contribution in [3.05, 3.63) is 0 Å². The Morgan fingerprint density at radius 3 is 1.41 bits per heavy atom. The van der Waals surface area contributed by atoms with Gasteiger partial charge in [0.15, 0.2) is 0 Å². The van der Waals surface area contributed by atoms with Gasteiger partial charge < -0.3 is 9.66 Å². The average Bonchev–Trinajstić information content (AvgIpc) is 2.38. The van der Waals surface area contributed by atoms with Crippen LogP contribution >= 0.6 is 0 Å². The molecule has 0 heterocycles. The maximum absolute atomic E-state index is 10.7. The summed E-state index contributed by atoms with van der Waals surface area (Å²) in [6.07, 6.45) is 12.8. The Morgan fingerprint density at radius 2 is 1.09 bits per heavy atom. The molecule has 0 aliphatic carbocycles. The molecule has 0 aromatic rings. The third-order valence-corrected chi connectivity index (χ3v) is 5.20. The van der Waals surface area contributed by atoms with Crippen LogP contribution in [-0.2, 0) is 10.1 Å². The van der Waals surface area contributed by atoms with Gasteiger partial charge in [-0.2, -0.15) is 0 Å². The van der Waals surface area contributed by atoms with Crippen molar-refractivity contribution < 1.29 is 47.6 Å². The molecule has 0 aliphatic heterocycles. The summed E-state index contributed by atoms with van der Waals surface area (Å²) in [5.74, 6) is 0. The number of rotatable bonds is 14. The molecule has 22 heavy (non-hydrogen) atoms. The minimum Gasteiger partial charge on any atom is -0.748 e. The SMILES string of the molecule is CC(O)CCCCCCCCCCCCC(C)S(=O)(=O)[O-].[Na+]. The van der Waals surface area contributed by atoms with Gasteiger partial charge in [0.25, 0.3) is 0 Å². The molecule has 128 valence electrons. The van der Waals surface area contributed by atoms with Crippen molar-refractivity contribution in [2.24, 2.45) is 0 Å². The summed E-state index contributed by atoms with van der Waals surface area (Å²) < 4.78 is 32.1. The molecule has 0 rings (SSSR count). The first-order valence-corrected chi connectivity index (χ1v) is 9.94. The van der Waals surface area contributed by atoms with Crippen LogP contribution in [0.5, 0.6) is 0 Å². The number of unbranched alkanes of at least 4 members (excludes halogenated alkanes) is 9. The molecule has 0 radical (unpaired) electrons. The number of aliphatic hydroxyl groups is 1. The van der Waals surface area contributed by atoms with Crippen LogP contribution in [0.15, 0.2) is 0 Å². The van der Waals surface area contributed by atoms with Crippen LogP contribution in [0, 0.1) is 0 Å². The zero-order valence-corrected chi connectivity index (χ0v) is 17.5. The van der Waals surface area contributed by atoms with E-state index in [0.717, 1.165) is 32.1 Å². The fourth-order valence-electron chi connectivity index (χ4n) is 2.43. The third-order valence-electron chi connectivity index (χ3n) is 3.98. The van der Waals surface area contributed by atoms with Crippen LogP contribution in [0.3, 0.4) is 0 Å². The monoisotopic (exact) mass is 344 g/mol. The van der Waals surface area contributed by atoms with Gasteiger partial charge in [0.2, 0.25) is 0 Å². The first kappa shape index (κ1) is 25.1. The van der Waals surface area contributed by atoms with Crippen molar-refractivity contribution in [1.29, 1.82) is 0 Å². The van der Waals surface area contributed by atoms with Gasteiger partial charge in [0.05, 0.1) is 16.2 Å². The van der Waals surface area contributed by atoms with Crippen LogP contribution in [0.2, 0.25) is 0 Å². The normalized spacial score (nSPS) is 14.4. The Morgan fingerprint density at radius 1 is 0.773 bits per heavy atom. The minimum absolute atomic E-state index is 0. The second-order valence-electron chi connectivity index (χ2n) is 6.27. The smallest absolute Gasteiger partial charge is 0.748 e. The second kappa shape index (κ2) is 15.4. The Bertz CT molecular complexity index is 331.